The van der Waals surface area contributed by atoms with E-state index in [2.05, 4.69) is 24.0 Å². The fourth-order valence-corrected chi connectivity index (χ4v) is 3.92. The van der Waals surface area contributed by atoms with Gasteiger partial charge in [0.05, 0.1) is 5.69 Å². The molecule has 1 aromatic carbocycles. The first-order valence-corrected chi connectivity index (χ1v) is 7.96. The normalized spacial score (nSPS) is 13.6. The van der Waals surface area contributed by atoms with Gasteiger partial charge in [-0.05, 0) is 48.3 Å². The number of nitrogens with one attached hydrogen (secondary N) is 1. The number of hydrogen-bond acceptors (Lipinski definition) is 3. The van der Waals surface area contributed by atoms with Crippen molar-refractivity contribution in [3.63, 3.8) is 0 Å². The standard InChI is InChI=1S/C15H16N2OS2/c1-3-13-14(16-15(19)20-13)11-4-5-12-10(8-11)6-7-17(12)9(2)18/h4-5,8H,3,6-7H2,1-2H3,(H,16,19). The topological polar surface area (TPSA) is 36.1 Å². The number of amides is 1. The molecule has 3 rings (SSSR count). The van der Waals surface area contributed by atoms with Gasteiger partial charge in [0.2, 0.25) is 5.91 Å². The zero-order chi connectivity index (χ0) is 14.3. The van der Waals surface area contributed by atoms with Crippen molar-refractivity contribution in [2.45, 2.75) is 26.7 Å². The Morgan fingerprint density at radius 3 is 3.00 bits per heavy atom. The molecule has 0 radical (unpaired) electrons. The van der Waals surface area contributed by atoms with Crippen LogP contribution in [0.3, 0.4) is 0 Å². The van der Waals surface area contributed by atoms with Crippen LogP contribution in [0.1, 0.15) is 24.3 Å². The van der Waals surface area contributed by atoms with E-state index < -0.39 is 0 Å². The molecule has 3 nitrogen and oxygen atoms in total. The number of aromatic nitrogens is 1. The van der Waals surface area contributed by atoms with Crippen molar-refractivity contribution in [2.24, 2.45) is 0 Å². The molecule has 0 atom stereocenters. The van der Waals surface area contributed by atoms with Crippen LogP contribution >= 0.6 is 23.6 Å². The summed E-state index contributed by atoms with van der Waals surface area (Å²) in [4.78, 5) is 18.0. The highest BCUT2D eigenvalue weighted by atomic mass is 32.1. The summed E-state index contributed by atoms with van der Waals surface area (Å²) >= 11 is 6.89. The summed E-state index contributed by atoms with van der Waals surface area (Å²) in [6.07, 6.45) is 1.90. The van der Waals surface area contributed by atoms with Crippen molar-refractivity contribution in [1.82, 2.24) is 4.98 Å². The van der Waals surface area contributed by atoms with E-state index in [9.17, 15) is 4.79 Å². The molecule has 1 aliphatic heterocycles. The molecular formula is C15H16N2OS2. The molecule has 2 heterocycles. The van der Waals surface area contributed by atoms with Gasteiger partial charge in [-0.1, -0.05) is 13.0 Å². The molecular weight excluding hydrogens is 288 g/mol. The summed E-state index contributed by atoms with van der Waals surface area (Å²) in [5.41, 5.74) is 4.59. The summed E-state index contributed by atoms with van der Waals surface area (Å²) in [6, 6.07) is 6.31. The van der Waals surface area contributed by atoms with Gasteiger partial charge in [0, 0.05) is 24.0 Å². The monoisotopic (exact) mass is 304 g/mol. The lowest BCUT2D eigenvalue weighted by Crippen LogP contribution is -2.25. The predicted molar refractivity (Wildman–Crippen MR) is 86.0 cm³/mol. The van der Waals surface area contributed by atoms with Crippen LogP contribution < -0.4 is 4.90 Å². The minimum atomic E-state index is 0.112. The maximum Gasteiger partial charge on any atom is 0.223 e. The van der Waals surface area contributed by atoms with Crippen LogP contribution in [0.15, 0.2) is 18.2 Å². The Morgan fingerprint density at radius 2 is 2.30 bits per heavy atom. The number of hydrogen-bond donors (Lipinski definition) is 1. The molecule has 2 aromatic rings. The Morgan fingerprint density at radius 1 is 1.50 bits per heavy atom. The summed E-state index contributed by atoms with van der Waals surface area (Å²) in [6.45, 7) is 4.55. The number of carbonyl (C=O) groups excluding carboxylic acids is 1. The summed E-state index contributed by atoms with van der Waals surface area (Å²) in [5, 5.41) is 0. The predicted octanol–water partition coefficient (Wildman–Crippen LogP) is 3.94. The van der Waals surface area contributed by atoms with Crippen molar-refractivity contribution >= 4 is 35.1 Å². The molecule has 5 heteroatoms. The van der Waals surface area contributed by atoms with E-state index in [0.717, 1.165) is 34.7 Å². The molecule has 0 aliphatic carbocycles. The minimum Gasteiger partial charge on any atom is -0.337 e. The Bertz CT molecular complexity index is 730. The quantitative estimate of drug-likeness (QED) is 0.853. The lowest BCUT2D eigenvalue weighted by atomic mass is 10.0. The lowest BCUT2D eigenvalue weighted by molar-refractivity contribution is -0.116. The smallest absolute Gasteiger partial charge is 0.223 e. The van der Waals surface area contributed by atoms with Gasteiger partial charge in [0.25, 0.3) is 0 Å². The van der Waals surface area contributed by atoms with E-state index in [4.69, 9.17) is 12.2 Å². The maximum absolute atomic E-state index is 11.6. The van der Waals surface area contributed by atoms with Crippen LogP contribution in [0, 0.1) is 3.95 Å². The number of aryl methyl sites for hydroxylation is 1. The Kier molecular flexibility index (Phi) is 3.48. The van der Waals surface area contributed by atoms with Crippen LogP contribution in [-0.2, 0) is 17.6 Å². The molecule has 0 saturated heterocycles. The first-order valence-electron chi connectivity index (χ1n) is 6.73. The number of thiazole rings is 1. The molecule has 1 amide bonds. The van der Waals surface area contributed by atoms with Gasteiger partial charge in [-0.15, -0.1) is 11.3 Å². The van der Waals surface area contributed by atoms with Gasteiger partial charge in [-0.25, -0.2) is 0 Å². The first-order chi connectivity index (χ1) is 9.60. The van der Waals surface area contributed by atoms with E-state index in [-0.39, 0.29) is 5.91 Å². The maximum atomic E-state index is 11.6. The SMILES string of the molecule is CCc1sc(=S)[nH]c1-c1ccc2c(c1)CCN2C(C)=O. The van der Waals surface area contributed by atoms with E-state index in [1.807, 2.05) is 11.0 Å². The average molecular weight is 304 g/mol. The van der Waals surface area contributed by atoms with Crippen molar-refractivity contribution in [2.75, 3.05) is 11.4 Å². The minimum absolute atomic E-state index is 0.112. The van der Waals surface area contributed by atoms with E-state index in [1.165, 1.54) is 16.0 Å². The van der Waals surface area contributed by atoms with Gasteiger partial charge < -0.3 is 9.88 Å². The Labute approximate surface area is 127 Å². The summed E-state index contributed by atoms with van der Waals surface area (Å²) in [7, 11) is 0. The molecule has 0 bridgehead atoms. The molecule has 0 spiro atoms. The largest absolute Gasteiger partial charge is 0.337 e. The molecule has 1 N–H and O–H groups in total. The highest BCUT2D eigenvalue weighted by Crippen LogP contribution is 2.34. The highest BCUT2D eigenvalue weighted by Gasteiger charge is 2.22. The van der Waals surface area contributed by atoms with E-state index in [0.29, 0.717) is 0 Å². The second-order valence-electron chi connectivity index (χ2n) is 4.93. The fraction of sp³-hybridized carbons (Fsp3) is 0.333. The summed E-state index contributed by atoms with van der Waals surface area (Å²) in [5.74, 6) is 0.112. The van der Waals surface area contributed by atoms with E-state index in [1.54, 1.807) is 18.3 Å². The molecule has 0 unspecified atom stereocenters. The van der Waals surface area contributed by atoms with Crippen LogP contribution in [-0.4, -0.2) is 17.4 Å². The molecule has 104 valence electrons. The van der Waals surface area contributed by atoms with Gasteiger partial charge in [0.1, 0.15) is 0 Å². The fourth-order valence-electron chi connectivity index (χ4n) is 2.73. The number of H-pyrrole nitrogens is 1. The Hall–Kier alpha value is -1.46. The summed E-state index contributed by atoms with van der Waals surface area (Å²) < 4.78 is 0.822. The van der Waals surface area contributed by atoms with Crippen molar-refractivity contribution in [3.05, 3.63) is 32.6 Å². The third-order valence-electron chi connectivity index (χ3n) is 3.69. The number of aromatic amines is 1. The van der Waals surface area contributed by atoms with Gasteiger partial charge in [-0.3, -0.25) is 4.79 Å². The van der Waals surface area contributed by atoms with Gasteiger partial charge >= 0.3 is 0 Å². The van der Waals surface area contributed by atoms with Crippen LogP contribution in [0.25, 0.3) is 11.3 Å². The number of carbonyl (C=O) groups is 1. The lowest BCUT2D eigenvalue weighted by Gasteiger charge is -2.14. The third kappa shape index (κ3) is 2.21. The van der Waals surface area contributed by atoms with Gasteiger partial charge in [-0.2, -0.15) is 0 Å². The van der Waals surface area contributed by atoms with Crippen molar-refractivity contribution < 1.29 is 4.79 Å². The molecule has 20 heavy (non-hydrogen) atoms. The second kappa shape index (κ2) is 5.14. The van der Waals surface area contributed by atoms with Gasteiger partial charge in [0.15, 0.2) is 3.95 Å². The zero-order valence-corrected chi connectivity index (χ0v) is 13.2. The van der Waals surface area contributed by atoms with E-state index >= 15 is 0 Å². The first kappa shape index (κ1) is 13.5. The second-order valence-corrected chi connectivity index (χ2v) is 6.70. The van der Waals surface area contributed by atoms with Crippen LogP contribution in [0.4, 0.5) is 5.69 Å². The molecule has 1 aromatic heterocycles. The molecule has 0 fully saturated rings. The average Bonchev–Trinajstić information content (AvgIpc) is 3.00. The third-order valence-corrected chi connectivity index (χ3v) is 5.07. The van der Waals surface area contributed by atoms with Crippen molar-refractivity contribution in [3.8, 4) is 11.3 Å². The van der Waals surface area contributed by atoms with Crippen LogP contribution in [0.2, 0.25) is 0 Å². The molecule has 1 aliphatic rings. The number of benzene rings is 1. The number of nitrogens with zero attached hydrogens (tertiary/aromatic N) is 1. The Balaban J connectivity index is 2.06. The van der Waals surface area contributed by atoms with Crippen LogP contribution in [0.5, 0.6) is 0 Å². The number of anilines is 1. The van der Waals surface area contributed by atoms with Crippen molar-refractivity contribution in [1.29, 1.82) is 0 Å². The number of rotatable bonds is 2. The highest BCUT2D eigenvalue weighted by molar-refractivity contribution is 7.73. The molecule has 0 saturated carbocycles. The zero-order valence-electron chi connectivity index (χ0n) is 11.5. The number of fused-ring (bicyclic) bond motifs is 1.